The second-order valence-corrected chi connectivity index (χ2v) is 8.31. The summed E-state index contributed by atoms with van der Waals surface area (Å²) in [5, 5.41) is 7.49. The number of aryl methyl sites for hydroxylation is 1. The number of rotatable bonds is 7. The van der Waals surface area contributed by atoms with Gasteiger partial charge in [0.05, 0.1) is 36.2 Å². The van der Waals surface area contributed by atoms with Crippen LogP contribution in [-0.4, -0.2) is 51.7 Å². The Bertz CT molecular complexity index is 1100. The number of amides is 2. The van der Waals surface area contributed by atoms with Crippen LogP contribution in [0.5, 0.6) is 5.75 Å². The molecule has 0 atom stereocenters. The summed E-state index contributed by atoms with van der Waals surface area (Å²) < 4.78 is 7.03. The number of likely N-dealkylation sites (tertiary alicyclic amines) is 1. The zero-order valence-electron chi connectivity index (χ0n) is 19.0. The molecule has 0 radical (unpaired) electrons. The van der Waals surface area contributed by atoms with E-state index in [2.05, 4.69) is 15.4 Å². The zero-order chi connectivity index (χ0) is 23.2. The molecular weight excluding hydrogens is 418 g/mol. The number of aromatic nitrogens is 3. The lowest BCUT2D eigenvalue weighted by atomic mass is 9.90. The fourth-order valence-corrected chi connectivity index (χ4v) is 4.25. The number of hydrogen-bond acceptors (Lipinski definition) is 5. The zero-order valence-corrected chi connectivity index (χ0v) is 19.0. The number of piperidine rings is 1. The number of carbonyl (C=O) groups excluding carboxylic acids is 2. The fraction of sp³-hybridized carbons (Fsp3) is 0.360. The highest BCUT2D eigenvalue weighted by Gasteiger charge is 2.27. The number of carbonyl (C=O) groups is 2. The Labute approximate surface area is 193 Å². The summed E-state index contributed by atoms with van der Waals surface area (Å²) >= 11 is 0. The predicted octanol–water partition coefficient (Wildman–Crippen LogP) is 2.85. The van der Waals surface area contributed by atoms with E-state index >= 15 is 0 Å². The number of nitrogens with one attached hydrogen (secondary N) is 1. The summed E-state index contributed by atoms with van der Waals surface area (Å²) in [4.78, 5) is 31.9. The van der Waals surface area contributed by atoms with Crippen LogP contribution >= 0.6 is 0 Å². The molecule has 8 heteroatoms. The van der Waals surface area contributed by atoms with Crippen LogP contribution in [-0.2, 0) is 20.0 Å². The Balaban J connectivity index is 1.35. The van der Waals surface area contributed by atoms with Crippen molar-refractivity contribution in [3.63, 3.8) is 0 Å². The van der Waals surface area contributed by atoms with Crippen LogP contribution in [0, 0.1) is 5.92 Å². The molecule has 3 heterocycles. The van der Waals surface area contributed by atoms with Gasteiger partial charge in [-0.25, -0.2) is 0 Å². The summed E-state index contributed by atoms with van der Waals surface area (Å²) in [6.07, 6.45) is 5.92. The van der Waals surface area contributed by atoms with E-state index in [1.54, 1.807) is 30.3 Å². The van der Waals surface area contributed by atoms with Crippen molar-refractivity contribution in [2.24, 2.45) is 13.0 Å². The van der Waals surface area contributed by atoms with Crippen LogP contribution in [0.1, 0.15) is 44.9 Å². The van der Waals surface area contributed by atoms with Crippen molar-refractivity contribution >= 4 is 11.8 Å². The standard InChI is InChI=1S/C25H29N5O3/c1-29-17-21(24(31)27-16-19-7-5-6-12-26-19)22(28-29)15-18-10-13-30(14-11-18)25(32)20-8-3-4-9-23(20)33-2/h3-9,12,17-18H,10-11,13-16H2,1-2H3,(H,27,31). The highest BCUT2D eigenvalue weighted by molar-refractivity contribution is 5.97. The van der Waals surface area contributed by atoms with Crippen LogP contribution in [0.2, 0.25) is 0 Å². The number of ether oxygens (including phenoxy) is 1. The van der Waals surface area contributed by atoms with E-state index in [0.717, 1.165) is 24.2 Å². The molecule has 1 N–H and O–H groups in total. The maximum absolute atomic E-state index is 13.0. The van der Waals surface area contributed by atoms with Crippen molar-refractivity contribution in [1.82, 2.24) is 25.0 Å². The van der Waals surface area contributed by atoms with E-state index in [1.165, 1.54) is 0 Å². The molecule has 1 aliphatic heterocycles. The molecule has 172 valence electrons. The van der Waals surface area contributed by atoms with Gasteiger partial charge in [0.25, 0.3) is 11.8 Å². The molecule has 0 aliphatic carbocycles. The van der Waals surface area contributed by atoms with Crippen LogP contribution in [0.25, 0.3) is 0 Å². The number of hydrogen-bond donors (Lipinski definition) is 1. The number of benzene rings is 1. The minimum Gasteiger partial charge on any atom is -0.496 e. The van der Waals surface area contributed by atoms with Gasteiger partial charge >= 0.3 is 0 Å². The second-order valence-electron chi connectivity index (χ2n) is 8.31. The number of nitrogens with zero attached hydrogens (tertiary/aromatic N) is 4. The lowest BCUT2D eigenvalue weighted by molar-refractivity contribution is 0.0687. The molecule has 1 fully saturated rings. The van der Waals surface area contributed by atoms with E-state index in [1.807, 2.05) is 48.3 Å². The molecule has 2 amide bonds. The first kappa shape index (κ1) is 22.5. The van der Waals surface area contributed by atoms with Crippen molar-refractivity contribution in [3.05, 3.63) is 77.4 Å². The van der Waals surface area contributed by atoms with Crippen LogP contribution in [0.4, 0.5) is 0 Å². The minimum atomic E-state index is -0.146. The van der Waals surface area contributed by atoms with Gasteiger partial charge in [0.1, 0.15) is 5.75 Å². The highest BCUT2D eigenvalue weighted by Crippen LogP contribution is 2.26. The molecule has 8 nitrogen and oxygen atoms in total. The highest BCUT2D eigenvalue weighted by atomic mass is 16.5. The molecule has 0 saturated carbocycles. The lowest BCUT2D eigenvalue weighted by Crippen LogP contribution is -2.39. The van der Waals surface area contributed by atoms with Crippen molar-refractivity contribution in [2.45, 2.75) is 25.8 Å². The van der Waals surface area contributed by atoms with Crippen LogP contribution in [0.3, 0.4) is 0 Å². The molecule has 1 aliphatic rings. The molecule has 0 unspecified atom stereocenters. The van der Waals surface area contributed by atoms with Gasteiger partial charge in [-0.15, -0.1) is 0 Å². The van der Waals surface area contributed by atoms with Gasteiger partial charge in [-0.3, -0.25) is 19.3 Å². The minimum absolute atomic E-state index is 0.00155. The number of pyridine rings is 1. The van der Waals surface area contributed by atoms with Gasteiger partial charge < -0.3 is 15.0 Å². The fourth-order valence-electron chi connectivity index (χ4n) is 4.25. The van der Waals surface area contributed by atoms with Crippen molar-refractivity contribution < 1.29 is 14.3 Å². The molecular formula is C25H29N5O3. The van der Waals surface area contributed by atoms with Gasteiger partial charge in [0.15, 0.2) is 0 Å². The molecule has 4 rings (SSSR count). The van der Waals surface area contributed by atoms with E-state index in [4.69, 9.17) is 4.74 Å². The first-order valence-electron chi connectivity index (χ1n) is 11.2. The van der Waals surface area contributed by atoms with E-state index in [9.17, 15) is 9.59 Å². The van der Waals surface area contributed by atoms with Gasteiger partial charge in [-0.2, -0.15) is 5.10 Å². The smallest absolute Gasteiger partial charge is 0.257 e. The van der Waals surface area contributed by atoms with E-state index < -0.39 is 0 Å². The summed E-state index contributed by atoms with van der Waals surface area (Å²) in [6, 6.07) is 12.9. The van der Waals surface area contributed by atoms with Gasteiger partial charge in [0, 0.05) is 32.5 Å². The topological polar surface area (TPSA) is 89.4 Å². The summed E-state index contributed by atoms with van der Waals surface area (Å²) in [6.45, 7) is 1.72. The molecule has 0 bridgehead atoms. The summed E-state index contributed by atoms with van der Waals surface area (Å²) in [5.41, 5.74) is 2.80. The molecule has 0 spiro atoms. The molecule has 2 aromatic heterocycles. The average Bonchev–Trinajstić information content (AvgIpc) is 3.23. The molecule has 3 aromatic rings. The third-order valence-corrected chi connectivity index (χ3v) is 6.03. The van der Waals surface area contributed by atoms with Gasteiger partial charge in [-0.05, 0) is 49.4 Å². The average molecular weight is 448 g/mol. The van der Waals surface area contributed by atoms with E-state index in [0.29, 0.717) is 48.8 Å². The van der Waals surface area contributed by atoms with Gasteiger partial charge in [-0.1, -0.05) is 18.2 Å². The monoisotopic (exact) mass is 447 g/mol. The van der Waals surface area contributed by atoms with Crippen molar-refractivity contribution in [3.8, 4) is 5.75 Å². The Hall–Kier alpha value is -3.68. The largest absolute Gasteiger partial charge is 0.496 e. The second kappa shape index (κ2) is 10.3. The molecule has 1 aromatic carbocycles. The normalized spacial score (nSPS) is 14.2. The molecule has 1 saturated heterocycles. The number of para-hydroxylation sites is 1. The Morgan fingerprint density at radius 2 is 1.85 bits per heavy atom. The first-order valence-corrected chi connectivity index (χ1v) is 11.2. The van der Waals surface area contributed by atoms with Crippen molar-refractivity contribution in [2.75, 3.05) is 20.2 Å². The maximum atomic E-state index is 13.0. The molecule has 33 heavy (non-hydrogen) atoms. The van der Waals surface area contributed by atoms with E-state index in [-0.39, 0.29) is 11.8 Å². The maximum Gasteiger partial charge on any atom is 0.257 e. The Morgan fingerprint density at radius 1 is 1.09 bits per heavy atom. The summed E-state index contributed by atoms with van der Waals surface area (Å²) in [5.74, 6) is 0.814. The SMILES string of the molecule is COc1ccccc1C(=O)N1CCC(Cc2nn(C)cc2C(=O)NCc2ccccn2)CC1. The third kappa shape index (κ3) is 5.39. The Morgan fingerprint density at radius 3 is 2.58 bits per heavy atom. The van der Waals surface area contributed by atoms with Crippen LogP contribution in [0.15, 0.2) is 54.9 Å². The first-order chi connectivity index (χ1) is 16.0. The quantitative estimate of drug-likeness (QED) is 0.602. The Kier molecular flexibility index (Phi) is 7.02. The number of methoxy groups -OCH3 is 1. The van der Waals surface area contributed by atoms with Gasteiger partial charge in [0.2, 0.25) is 0 Å². The van der Waals surface area contributed by atoms with Crippen molar-refractivity contribution in [1.29, 1.82) is 0 Å². The summed E-state index contributed by atoms with van der Waals surface area (Å²) in [7, 11) is 3.41. The van der Waals surface area contributed by atoms with Crippen LogP contribution < -0.4 is 10.1 Å². The lowest BCUT2D eigenvalue weighted by Gasteiger charge is -2.32. The predicted molar refractivity (Wildman–Crippen MR) is 124 cm³/mol. The third-order valence-electron chi connectivity index (χ3n) is 6.03.